The van der Waals surface area contributed by atoms with Crippen molar-refractivity contribution in [2.75, 3.05) is 26.2 Å². The third-order valence-corrected chi connectivity index (χ3v) is 6.42. The molecule has 1 N–H and O–H groups in total. The summed E-state index contributed by atoms with van der Waals surface area (Å²) in [4.78, 5) is 24.3. The van der Waals surface area contributed by atoms with Gasteiger partial charge in [0.05, 0.1) is 11.3 Å². The molecule has 0 atom stereocenters. The molecule has 0 spiro atoms. The van der Waals surface area contributed by atoms with Crippen LogP contribution in [0.15, 0.2) is 29.2 Å². The van der Waals surface area contributed by atoms with E-state index in [-0.39, 0.29) is 55.2 Å². The monoisotopic (exact) mass is 382 g/mol. The normalized spacial score (nSPS) is 16.5. The Hall–Kier alpha value is -1.93. The fourth-order valence-electron chi connectivity index (χ4n) is 2.83. The number of carboxylic acid groups (broad SMARTS) is 1. The molecule has 8 heteroatoms. The molecule has 0 saturated carbocycles. The number of piperazine rings is 1. The molecule has 1 aliphatic rings. The molecule has 7 nitrogen and oxygen atoms in total. The summed E-state index contributed by atoms with van der Waals surface area (Å²) < 4.78 is 26.9. The molecule has 144 valence electrons. The van der Waals surface area contributed by atoms with Gasteiger partial charge < -0.3 is 10.0 Å². The summed E-state index contributed by atoms with van der Waals surface area (Å²) in [5.74, 6) is -1.27. The van der Waals surface area contributed by atoms with E-state index in [2.05, 4.69) is 20.8 Å². The van der Waals surface area contributed by atoms with E-state index < -0.39 is 16.0 Å². The van der Waals surface area contributed by atoms with Crippen molar-refractivity contribution in [1.82, 2.24) is 9.21 Å². The Balaban J connectivity index is 2.01. The summed E-state index contributed by atoms with van der Waals surface area (Å²) in [6.45, 7) is 7.17. The van der Waals surface area contributed by atoms with Gasteiger partial charge in [-0.25, -0.2) is 8.42 Å². The lowest BCUT2D eigenvalue weighted by Gasteiger charge is -2.34. The second-order valence-electron chi connectivity index (χ2n) is 7.45. The number of amides is 1. The Morgan fingerprint density at radius 1 is 1.00 bits per heavy atom. The van der Waals surface area contributed by atoms with Gasteiger partial charge in [-0.1, -0.05) is 32.9 Å². The molecule has 1 fully saturated rings. The van der Waals surface area contributed by atoms with E-state index in [1.807, 2.05) is 12.1 Å². The average molecular weight is 382 g/mol. The molecule has 1 heterocycles. The summed E-state index contributed by atoms with van der Waals surface area (Å²) in [6, 6.07) is 6.91. The van der Waals surface area contributed by atoms with Gasteiger partial charge in [0.1, 0.15) is 0 Å². The molecule has 1 aromatic rings. The number of carbonyl (C=O) groups excluding carboxylic acids is 1. The summed E-state index contributed by atoms with van der Waals surface area (Å²) in [5, 5.41) is 8.65. The first-order chi connectivity index (χ1) is 12.0. The first-order valence-corrected chi connectivity index (χ1v) is 10.1. The van der Waals surface area contributed by atoms with Gasteiger partial charge in [-0.15, -0.1) is 0 Å². The largest absolute Gasteiger partial charge is 0.481 e. The minimum Gasteiger partial charge on any atom is -0.481 e. The Bertz CT molecular complexity index is 758. The van der Waals surface area contributed by atoms with Gasteiger partial charge in [0.25, 0.3) is 0 Å². The third kappa shape index (κ3) is 4.82. The molecule has 0 radical (unpaired) electrons. The Morgan fingerprint density at radius 3 is 2.00 bits per heavy atom. The van der Waals surface area contributed by atoms with Gasteiger partial charge in [-0.2, -0.15) is 4.31 Å². The summed E-state index contributed by atoms with van der Waals surface area (Å²) >= 11 is 0. The summed E-state index contributed by atoms with van der Waals surface area (Å²) in [6.07, 6.45) is -0.270. The van der Waals surface area contributed by atoms with E-state index in [9.17, 15) is 18.0 Å². The van der Waals surface area contributed by atoms with Crippen LogP contribution in [0.5, 0.6) is 0 Å². The fourth-order valence-corrected chi connectivity index (χ4v) is 4.25. The minimum absolute atomic E-state index is 0.0514. The molecule has 1 aliphatic heterocycles. The van der Waals surface area contributed by atoms with Crippen LogP contribution in [-0.2, 0) is 25.0 Å². The zero-order valence-corrected chi connectivity index (χ0v) is 16.3. The maximum atomic E-state index is 12.8. The maximum Gasteiger partial charge on any atom is 0.303 e. The second-order valence-corrected chi connectivity index (χ2v) is 9.39. The third-order valence-electron chi connectivity index (χ3n) is 4.50. The number of hydrogen-bond donors (Lipinski definition) is 1. The number of benzene rings is 1. The molecule has 0 aromatic heterocycles. The van der Waals surface area contributed by atoms with Gasteiger partial charge in [0.15, 0.2) is 0 Å². The second kappa shape index (κ2) is 7.75. The van der Waals surface area contributed by atoms with Crippen LogP contribution in [-0.4, -0.2) is 60.8 Å². The van der Waals surface area contributed by atoms with Crippen LogP contribution < -0.4 is 0 Å². The van der Waals surface area contributed by atoms with E-state index >= 15 is 0 Å². The molecule has 1 saturated heterocycles. The van der Waals surface area contributed by atoms with Crippen molar-refractivity contribution in [1.29, 1.82) is 0 Å². The van der Waals surface area contributed by atoms with Gasteiger partial charge in [-0.3, -0.25) is 9.59 Å². The van der Waals surface area contributed by atoms with E-state index in [1.165, 1.54) is 9.21 Å². The first-order valence-electron chi connectivity index (χ1n) is 8.62. The van der Waals surface area contributed by atoms with Crippen LogP contribution in [0.4, 0.5) is 0 Å². The quantitative estimate of drug-likeness (QED) is 0.836. The van der Waals surface area contributed by atoms with Crippen molar-refractivity contribution in [3.05, 3.63) is 29.8 Å². The van der Waals surface area contributed by atoms with Crippen molar-refractivity contribution in [2.45, 2.75) is 43.9 Å². The summed E-state index contributed by atoms with van der Waals surface area (Å²) in [7, 11) is -3.60. The highest BCUT2D eigenvalue weighted by Crippen LogP contribution is 2.25. The zero-order valence-electron chi connectivity index (χ0n) is 15.4. The Kier molecular flexibility index (Phi) is 6.08. The number of carboxylic acids is 1. The summed E-state index contributed by atoms with van der Waals surface area (Å²) in [5.41, 5.74) is 1.01. The number of hydrogen-bond acceptors (Lipinski definition) is 4. The molecule has 1 aromatic carbocycles. The van der Waals surface area contributed by atoms with Crippen LogP contribution >= 0.6 is 0 Å². The molecule has 0 unspecified atom stereocenters. The fraction of sp³-hybridized carbons (Fsp3) is 0.556. The Labute approximate surface area is 154 Å². The standard InChI is InChI=1S/C18H26N2O5S/c1-18(2,3)14-4-6-15(7-5-14)26(24,25)20-12-10-19(11-13-20)16(21)8-9-17(22)23/h4-7H,8-13H2,1-3H3,(H,22,23). The molecule has 26 heavy (non-hydrogen) atoms. The topological polar surface area (TPSA) is 95.0 Å². The lowest BCUT2D eigenvalue weighted by molar-refractivity contribution is -0.141. The lowest BCUT2D eigenvalue weighted by atomic mass is 9.87. The molecular weight excluding hydrogens is 356 g/mol. The number of sulfonamides is 1. The van der Waals surface area contributed by atoms with E-state index in [0.717, 1.165) is 5.56 Å². The number of nitrogens with zero attached hydrogens (tertiary/aromatic N) is 2. The Morgan fingerprint density at radius 2 is 1.54 bits per heavy atom. The van der Waals surface area contributed by atoms with Crippen LogP contribution in [0.1, 0.15) is 39.2 Å². The molecular formula is C18H26N2O5S. The van der Waals surface area contributed by atoms with Crippen molar-refractivity contribution in [3.63, 3.8) is 0 Å². The molecule has 2 rings (SSSR count). The number of aliphatic carboxylic acids is 1. The van der Waals surface area contributed by atoms with Gasteiger partial charge in [0, 0.05) is 32.6 Å². The predicted octanol–water partition coefficient (Wildman–Crippen LogP) is 1.68. The van der Waals surface area contributed by atoms with E-state index in [1.54, 1.807) is 12.1 Å². The number of carbonyl (C=O) groups is 2. The van der Waals surface area contributed by atoms with Crippen molar-refractivity contribution in [2.24, 2.45) is 0 Å². The maximum absolute atomic E-state index is 12.8. The van der Waals surface area contributed by atoms with Crippen molar-refractivity contribution in [3.8, 4) is 0 Å². The van der Waals surface area contributed by atoms with Crippen LogP contribution in [0.2, 0.25) is 0 Å². The lowest BCUT2D eigenvalue weighted by Crippen LogP contribution is -2.50. The van der Waals surface area contributed by atoms with E-state index in [4.69, 9.17) is 5.11 Å². The zero-order chi connectivity index (χ0) is 19.5. The van der Waals surface area contributed by atoms with Gasteiger partial charge in [0.2, 0.25) is 15.9 Å². The highest BCUT2D eigenvalue weighted by molar-refractivity contribution is 7.89. The van der Waals surface area contributed by atoms with Crippen molar-refractivity contribution < 1.29 is 23.1 Å². The smallest absolute Gasteiger partial charge is 0.303 e. The highest BCUT2D eigenvalue weighted by atomic mass is 32.2. The highest BCUT2D eigenvalue weighted by Gasteiger charge is 2.30. The van der Waals surface area contributed by atoms with Crippen LogP contribution in [0, 0.1) is 0 Å². The van der Waals surface area contributed by atoms with Crippen LogP contribution in [0.3, 0.4) is 0 Å². The molecule has 0 aliphatic carbocycles. The van der Waals surface area contributed by atoms with Gasteiger partial charge in [-0.05, 0) is 23.1 Å². The molecule has 0 bridgehead atoms. The minimum atomic E-state index is -3.60. The van der Waals surface area contributed by atoms with Crippen molar-refractivity contribution >= 4 is 21.9 Å². The first kappa shape index (κ1) is 20.4. The number of rotatable bonds is 5. The van der Waals surface area contributed by atoms with E-state index in [0.29, 0.717) is 0 Å². The van der Waals surface area contributed by atoms with Gasteiger partial charge >= 0.3 is 5.97 Å². The predicted molar refractivity (Wildman–Crippen MR) is 97.4 cm³/mol. The van der Waals surface area contributed by atoms with Crippen LogP contribution in [0.25, 0.3) is 0 Å². The SMILES string of the molecule is CC(C)(C)c1ccc(S(=O)(=O)N2CCN(C(=O)CCC(=O)O)CC2)cc1. The average Bonchev–Trinajstić information content (AvgIpc) is 2.59. The molecule has 1 amide bonds.